The summed E-state index contributed by atoms with van der Waals surface area (Å²) in [5, 5.41) is 14.1. The molecule has 2 aromatic rings. The SMILES string of the molecule is CCCN1CC(NC(=O)Nc2cccc3nn(C)nc23)CC1=O. The molecule has 3 amide bonds. The van der Waals surface area contributed by atoms with Gasteiger partial charge in [-0.2, -0.15) is 15.0 Å². The molecule has 8 heteroatoms. The van der Waals surface area contributed by atoms with Crippen molar-refractivity contribution in [2.24, 2.45) is 7.05 Å². The predicted octanol–water partition coefficient (Wildman–Crippen LogP) is 1.10. The molecule has 0 aliphatic carbocycles. The second-order valence-electron chi connectivity index (χ2n) is 5.70. The summed E-state index contributed by atoms with van der Waals surface area (Å²) >= 11 is 0. The van der Waals surface area contributed by atoms with Crippen LogP contribution in [0.5, 0.6) is 0 Å². The molecular weight excluding hydrogens is 296 g/mol. The number of nitrogens with one attached hydrogen (secondary N) is 2. The number of carbonyl (C=O) groups is 2. The van der Waals surface area contributed by atoms with E-state index in [-0.39, 0.29) is 18.0 Å². The normalized spacial score (nSPS) is 17.7. The molecule has 1 aliphatic heterocycles. The largest absolute Gasteiger partial charge is 0.341 e. The quantitative estimate of drug-likeness (QED) is 0.883. The third kappa shape index (κ3) is 3.25. The average Bonchev–Trinajstić information content (AvgIpc) is 3.02. The summed E-state index contributed by atoms with van der Waals surface area (Å²) in [6.07, 6.45) is 1.27. The first-order chi connectivity index (χ1) is 11.1. The highest BCUT2D eigenvalue weighted by Crippen LogP contribution is 2.19. The Morgan fingerprint density at radius 3 is 3.00 bits per heavy atom. The Bertz CT molecular complexity index is 741. The standard InChI is InChI=1S/C15H20N6O2/c1-3-7-21-9-10(8-13(21)22)16-15(23)17-11-5-4-6-12-14(11)19-20(2)18-12/h4-6,10H,3,7-9H2,1-2H3,(H2,16,17,23). The Labute approximate surface area is 133 Å². The van der Waals surface area contributed by atoms with E-state index in [4.69, 9.17) is 0 Å². The number of likely N-dealkylation sites (tertiary alicyclic amines) is 1. The first-order valence-electron chi connectivity index (χ1n) is 7.72. The van der Waals surface area contributed by atoms with E-state index in [1.807, 2.05) is 19.1 Å². The Morgan fingerprint density at radius 2 is 2.22 bits per heavy atom. The molecular formula is C15H20N6O2. The van der Waals surface area contributed by atoms with Crippen molar-refractivity contribution in [3.8, 4) is 0 Å². The maximum Gasteiger partial charge on any atom is 0.319 e. The molecule has 0 saturated carbocycles. The zero-order valence-electron chi connectivity index (χ0n) is 13.2. The van der Waals surface area contributed by atoms with Crippen LogP contribution in [0.4, 0.5) is 10.5 Å². The monoisotopic (exact) mass is 316 g/mol. The minimum Gasteiger partial charge on any atom is -0.341 e. The summed E-state index contributed by atoms with van der Waals surface area (Å²) < 4.78 is 0. The van der Waals surface area contributed by atoms with Crippen molar-refractivity contribution in [2.45, 2.75) is 25.8 Å². The molecule has 1 unspecified atom stereocenters. The first kappa shape index (κ1) is 15.3. The van der Waals surface area contributed by atoms with Crippen LogP contribution in [0, 0.1) is 0 Å². The molecule has 0 bridgehead atoms. The molecule has 0 radical (unpaired) electrons. The number of aryl methyl sites for hydroxylation is 1. The van der Waals surface area contributed by atoms with Crippen molar-refractivity contribution in [1.29, 1.82) is 0 Å². The van der Waals surface area contributed by atoms with Gasteiger partial charge in [-0.25, -0.2) is 4.79 Å². The van der Waals surface area contributed by atoms with Crippen LogP contribution in [0.15, 0.2) is 18.2 Å². The number of hydrogen-bond donors (Lipinski definition) is 2. The third-order valence-electron chi connectivity index (χ3n) is 3.80. The van der Waals surface area contributed by atoms with Gasteiger partial charge in [0.1, 0.15) is 11.0 Å². The van der Waals surface area contributed by atoms with E-state index in [1.165, 1.54) is 4.80 Å². The molecule has 2 N–H and O–H groups in total. The van der Waals surface area contributed by atoms with Crippen molar-refractivity contribution in [3.05, 3.63) is 18.2 Å². The van der Waals surface area contributed by atoms with Crippen LogP contribution in [-0.4, -0.2) is 51.0 Å². The highest BCUT2D eigenvalue weighted by atomic mass is 16.2. The summed E-state index contributed by atoms with van der Waals surface area (Å²) in [6, 6.07) is 4.94. The van der Waals surface area contributed by atoms with E-state index in [0.29, 0.717) is 24.2 Å². The van der Waals surface area contributed by atoms with Gasteiger partial charge in [0.05, 0.1) is 11.7 Å². The van der Waals surface area contributed by atoms with Crippen LogP contribution in [0.25, 0.3) is 11.0 Å². The van der Waals surface area contributed by atoms with Crippen molar-refractivity contribution in [3.63, 3.8) is 0 Å². The van der Waals surface area contributed by atoms with Crippen molar-refractivity contribution in [2.75, 3.05) is 18.4 Å². The molecule has 1 fully saturated rings. The fourth-order valence-electron chi connectivity index (χ4n) is 2.84. The number of benzene rings is 1. The van der Waals surface area contributed by atoms with Crippen LogP contribution in [-0.2, 0) is 11.8 Å². The Hall–Kier alpha value is -2.64. The maximum absolute atomic E-state index is 12.2. The van der Waals surface area contributed by atoms with Crippen molar-refractivity contribution < 1.29 is 9.59 Å². The van der Waals surface area contributed by atoms with Gasteiger partial charge in [-0.3, -0.25) is 4.79 Å². The first-order valence-corrected chi connectivity index (χ1v) is 7.72. The summed E-state index contributed by atoms with van der Waals surface area (Å²) in [5.41, 5.74) is 1.96. The zero-order chi connectivity index (χ0) is 16.4. The zero-order valence-corrected chi connectivity index (χ0v) is 13.2. The van der Waals surface area contributed by atoms with E-state index >= 15 is 0 Å². The maximum atomic E-state index is 12.2. The van der Waals surface area contributed by atoms with Gasteiger partial charge in [-0.1, -0.05) is 13.0 Å². The van der Waals surface area contributed by atoms with Gasteiger partial charge in [0.2, 0.25) is 5.91 Å². The van der Waals surface area contributed by atoms with Gasteiger partial charge in [-0.05, 0) is 18.6 Å². The van der Waals surface area contributed by atoms with Gasteiger partial charge in [0, 0.05) is 26.6 Å². The number of rotatable bonds is 4. The van der Waals surface area contributed by atoms with Gasteiger partial charge in [-0.15, -0.1) is 0 Å². The van der Waals surface area contributed by atoms with E-state index in [9.17, 15) is 9.59 Å². The van der Waals surface area contributed by atoms with Crippen LogP contribution < -0.4 is 10.6 Å². The Balaban J connectivity index is 1.64. The number of urea groups is 1. The predicted molar refractivity (Wildman–Crippen MR) is 85.9 cm³/mol. The highest BCUT2D eigenvalue weighted by molar-refractivity contribution is 5.98. The minimum atomic E-state index is -0.334. The van der Waals surface area contributed by atoms with E-state index in [0.717, 1.165) is 18.5 Å². The van der Waals surface area contributed by atoms with Gasteiger partial charge < -0.3 is 15.5 Å². The molecule has 8 nitrogen and oxygen atoms in total. The molecule has 1 aliphatic rings. The number of anilines is 1. The molecule has 1 aromatic carbocycles. The molecule has 2 heterocycles. The average molecular weight is 316 g/mol. The lowest BCUT2D eigenvalue weighted by Crippen LogP contribution is -2.39. The molecule has 0 spiro atoms. The van der Waals surface area contributed by atoms with Gasteiger partial charge >= 0.3 is 6.03 Å². The van der Waals surface area contributed by atoms with E-state index < -0.39 is 0 Å². The lowest BCUT2D eigenvalue weighted by Gasteiger charge is -2.16. The van der Waals surface area contributed by atoms with Crippen LogP contribution in [0.1, 0.15) is 19.8 Å². The number of nitrogens with zero attached hydrogens (tertiary/aromatic N) is 4. The second-order valence-corrected chi connectivity index (χ2v) is 5.70. The highest BCUT2D eigenvalue weighted by Gasteiger charge is 2.29. The molecule has 1 saturated heterocycles. The second kappa shape index (κ2) is 6.23. The molecule has 1 atom stereocenters. The summed E-state index contributed by atoms with van der Waals surface area (Å²) in [7, 11) is 1.73. The number of hydrogen-bond acceptors (Lipinski definition) is 4. The number of fused-ring (bicyclic) bond motifs is 1. The van der Waals surface area contributed by atoms with Crippen LogP contribution >= 0.6 is 0 Å². The number of aromatic nitrogens is 3. The number of carbonyl (C=O) groups excluding carboxylic acids is 2. The Kier molecular flexibility index (Phi) is 4.14. The summed E-state index contributed by atoms with van der Waals surface area (Å²) in [4.78, 5) is 27.3. The number of amides is 3. The fraction of sp³-hybridized carbons (Fsp3) is 0.467. The Morgan fingerprint density at radius 1 is 1.39 bits per heavy atom. The summed E-state index contributed by atoms with van der Waals surface area (Å²) in [6.45, 7) is 3.33. The minimum absolute atomic E-state index is 0.0909. The van der Waals surface area contributed by atoms with Crippen LogP contribution in [0.2, 0.25) is 0 Å². The summed E-state index contributed by atoms with van der Waals surface area (Å²) in [5.74, 6) is 0.0909. The van der Waals surface area contributed by atoms with E-state index in [1.54, 1.807) is 18.0 Å². The van der Waals surface area contributed by atoms with Crippen LogP contribution in [0.3, 0.4) is 0 Å². The molecule has 122 valence electrons. The lowest BCUT2D eigenvalue weighted by molar-refractivity contribution is -0.127. The van der Waals surface area contributed by atoms with E-state index in [2.05, 4.69) is 20.8 Å². The topological polar surface area (TPSA) is 92.2 Å². The smallest absolute Gasteiger partial charge is 0.319 e. The van der Waals surface area contributed by atoms with Crippen molar-refractivity contribution >= 4 is 28.7 Å². The molecule has 3 rings (SSSR count). The molecule has 1 aromatic heterocycles. The lowest BCUT2D eigenvalue weighted by atomic mass is 10.2. The van der Waals surface area contributed by atoms with Crippen molar-refractivity contribution in [1.82, 2.24) is 25.2 Å². The third-order valence-corrected chi connectivity index (χ3v) is 3.80. The fourth-order valence-corrected chi connectivity index (χ4v) is 2.84. The van der Waals surface area contributed by atoms with Gasteiger partial charge in [0.15, 0.2) is 0 Å². The van der Waals surface area contributed by atoms with Gasteiger partial charge in [0.25, 0.3) is 0 Å². The molecule has 23 heavy (non-hydrogen) atoms.